The summed E-state index contributed by atoms with van der Waals surface area (Å²) in [6.07, 6.45) is 1.10. The Morgan fingerprint density at radius 3 is 1.69 bits per heavy atom. The highest BCUT2D eigenvalue weighted by Gasteiger charge is 1.92. The molecule has 0 aliphatic heterocycles. The van der Waals surface area contributed by atoms with Crippen LogP contribution in [0.5, 0.6) is 0 Å². The topological polar surface area (TPSA) is 120 Å². The molecule has 0 spiro atoms. The van der Waals surface area contributed by atoms with E-state index in [1.54, 1.807) is 0 Å². The zero-order valence-corrected chi connectivity index (χ0v) is 6.18. The zero-order chi connectivity index (χ0) is 10.4. The Hall–Kier alpha value is -2.11. The van der Waals surface area contributed by atoms with E-state index in [-0.39, 0.29) is 6.08 Å². The molecule has 0 aliphatic carbocycles. The third-order valence-corrected chi connectivity index (χ3v) is 0.908. The molecule has 6 nitrogen and oxygen atoms in total. The number of carbonyl (C=O) groups excluding carboxylic acids is 3. The van der Waals surface area contributed by atoms with Gasteiger partial charge in [0, 0.05) is 0 Å². The molecule has 13 heavy (non-hydrogen) atoms. The summed E-state index contributed by atoms with van der Waals surface area (Å²) in [5.74, 6) is -5.23. The Morgan fingerprint density at radius 2 is 1.38 bits per heavy atom. The maximum Gasteiger partial charge on any atom is 0.0715 e. The van der Waals surface area contributed by atoms with Crippen LogP contribution in [-0.4, -0.2) is 17.9 Å². The molecule has 6 heteroatoms. The van der Waals surface area contributed by atoms with Crippen molar-refractivity contribution in [1.29, 1.82) is 0 Å². The molecule has 0 heterocycles. The van der Waals surface area contributed by atoms with Gasteiger partial charge in [-0.15, -0.1) is 0 Å². The number of carboxylic acids is 3. The van der Waals surface area contributed by atoms with E-state index in [4.69, 9.17) is 0 Å². The Morgan fingerprint density at radius 1 is 0.846 bits per heavy atom. The van der Waals surface area contributed by atoms with Gasteiger partial charge in [0.05, 0.1) is 17.9 Å². The molecule has 0 aromatic carbocycles. The van der Waals surface area contributed by atoms with Crippen LogP contribution in [0.2, 0.25) is 0 Å². The first-order valence-electron chi connectivity index (χ1n) is 2.96. The molecule has 0 atom stereocenters. The quantitative estimate of drug-likeness (QED) is 0.321. The molecular weight excluding hydrogens is 180 g/mol. The second-order valence-electron chi connectivity index (χ2n) is 1.86. The second kappa shape index (κ2) is 4.70. The number of aliphatic carboxylic acids is 3. The average molecular weight is 183 g/mol. The summed E-state index contributed by atoms with van der Waals surface area (Å²) < 4.78 is 0. The SMILES string of the molecule is O=C([O-])/C=C(/C=C/C(=O)[O-])C(=O)[O-]. The molecule has 0 amide bonds. The third kappa shape index (κ3) is 5.19. The lowest BCUT2D eigenvalue weighted by atomic mass is 10.2. The van der Waals surface area contributed by atoms with E-state index in [1.807, 2.05) is 0 Å². The minimum absolute atomic E-state index is 0.203. The predicted molar refractivity (Wildman–Crippen MR) is 32.2 cm³/mol. The lowest BCUT2D eigenvalue weighted by molar-refractivity contribution is -0.302. The van der Waals surface area contributed by atoms with Gasteiger partial charge in [0.25, 0.3) is 0 Å². The molecule has 0 rings (SSSR count). The van der Waals surface area contributed by atoms with Crippen molar-refractivity contribution in [3.63, 3.8) is 0 Å². The molecule has 0 aromatic heterocycles. The summed E-state index contributed by atoms with van der Waals surface area (Å²) in [5.41, 5.74) is -0.816. The van der Waals surface area contributed by atoms with Crippen LogP contribution in [0.3, 0.4) is 0 Å². The first-order chi connectivity index (χ1) is 5.93. The van der Waals surface area contributed by atoms with Gasteiger partial charge in [0.1, 0.15) is 0 Å². The standard InChI is InChI=1S/C7H6O6/c8-5(9)2-1-4(7(12)13)3-6(10)11/h1-3H,(H,8,9)(H,10,11)(H,12,13)/p-3/b2-1+,4-3-. The van der Waals surface area contributed by atoms with Crippen LogP contribution in [0.25, 0.3) is 0 Å². The Labute approximate surface area is 72.4 Å². The van der Waals surface area contributed by atoms with E-state index in [0.717, 1.165) is 0 Å². The summed E-state index contributed by atoms with van der Waals surface area (Å²) in [5, 5.41) is 29.8. The van der Waals surface area contributed by atoms with Crippen LogP contribution in [0.15, 0.2) is 23.8 Å². The highest BCUT2D eigenvalue weighted by Crippen LogP contribution is 1.93. The molecule has 0 aromatic rings. The van der Waals surface area contributed by atoms with E-state index < -0.39 is 23.5 Å². The summed E-state index contributed by atoms with van der Waals surface area (Å²) in [6, 6.07) is 0. The molecule has 0 fully saturated rings. The van der Waals surface area contributed by atoms with Crippen LogP contribution in [0.1, 0.15) is 0 Å². The lowest BCUT2D eigenvalue weighted by Gasteiger charge is -2.03. The van der Waals surface area contributed by atoms with Gasteiger partial charge in [-0.2, -0.15) is 0 Å². The predicted octanol–water partition coefficient (Wildman–Crippen LogP) is -4.28. The fourth-order valence-electron chi connectivity index (χ4n) is 0.460. The fourth-order valence-corrected chi connectivity index (χ4v) is 0.460. The molecule has 0 saturated carbocycles. The molecule has 0 bridgehead atoms. The van der Waals surface area contributed by atoms with Gasteiger partial charge in [-0.3, -0.25) is 0 Å². The minimum Gasteiger partial charge on any atom is -0.545 e. The van der Waals surface area contributed by atoms with Crippen molar-refractivity contribution in [2.75, 3.05) is 0 Å². The molecule has 70 valence electrons. The first-order valence-corrected chi connectivity index (χ1v) is 2.96. The maximum absolute atomic E-state index is 10.1. The van der Waals surface area contributed by atoms with Gasteiger partial charge in [-0.25, -0.2) is 0 Å². The Kier molecular flexibility index (Phi) is 3.94. The van der Waals surface area contributed by atoms with E-state index in [2.05, 4.69) is 0 Å². The zero-order valence-electron chi connectivity index (χ0n) is 6.18. The number of hydrogen-bond acceptors (Lipinski definition) is 6. The minimum atomic E-state index is -1.82. The van der Waals surface area contributed by atoms with Gasteiger partial charge in [-0.05, 0) is 17.7 Å². The number of hydrogen-bond donors (Lipinski definition) is 0. The number of rotatable bonds is 4. The summed E-state index contributed by atoms with van der Waals surface area (Å²) in [6.45, 7) is 0. The average Bonchev–Trinajstić information content (AvgIpc) is 1.96. The molecular formula is C7H3O6-3. The smallest absolute Gasteiger partial charge is 0.0715 e. The van der Waals surface area contributed by atoms with Gasteiger partial charge < -0.3 is 29.7 Å². The van der Waals surface area contributed by atoms with Crippen LogP contribution < -0.4 is 15.3 Å². The van der Waals surface area contributed by atoms with Gasteiger partial charge in [0.15, 0.2) is 0 Å². The van der Waals surface area contributed by atoms with Crippen molar-refractivity contribution in [1.82, 2.24) is 0 Å². The summed E-state index contributed by atoms with van der Waals surface area (Å²) in [4.78, 5) is 29.8. The number of carbonyl (C=O) groups is 3. The highest BCUT2D eigenvalue weighted by molar-refractivity contribution is 5.96. The monoisotopic (exact) mass is 183 g/mol. The van der Waals surface area contributed by atoms with Crippen LogP contribution in [0, 0.1) is 0 Å². The first kappa shape index (κ1) is 10.9. The van der Waals surface area contributed by atoms with Crippen LogP contribution in [0.4, 0.5) is 0 Å². The summed E-state index contributed by atoms with van der Waals surface area (Å²) in [7, 11) is 0. The largest absolute Gasteiger partial charge is 0.545 e. The Balaban J connectivity index is 4.74. The van der Waals surface area contributed by atoms with Crippen LogP contribution in [-0.2, 0) is 14.4 Å². The molecule has 0 saturated heterocycles. The van der Waals surface area contributed by atoms with E-state index in [1.165, 1.54) is 0 Å². The van der Waals surface area contributed by atoms with E-state index >= 15 is 0 Å². The number of carboxylic acid groups (broad SMARTS) is 3. The highest BCUT2D eigenvalue weighted by atomic mass is 16.4. The fraction of sp³-hybridized carbons (Fsp3) is 0. The lowest BCUT2D eigenvalue weighted by Crippen LogP contribution is -2.27. The third-order valence-electron chi connectivity index (χ3n) is 0.908. The van der Waals surface area contributed by atoms with E-state index in [0.29, 0.717) is 12.2 Å². The van der Waals surface area contributed by atoms with Crippen LogP contribution >= 0.6 is 0 Å². The van der Waals surface area contributed by atoms with Crippen molar-refractivity contribution in [3.05, 3.63) is 23.8 Å². The second-order valence-corrected chi connectivity index (χ2v) is 1.86. The van der Waals surface area contributed by atoms with Gasteiger partial charge >= 0.3 is 0 Å². The van der Waals surface area contributed by atoms with Crippen molar-refractivity contribution in [3.8, 4) is 0 Å². The van der Waals surface area contributed by atoms with Gasteiger partial charge in [0.2, 0.25) is 0 Å². The van der Waals surface area contributed by atoms with Crippen molar-refractivity contribution < 1.29 is 29.7 Å². The molecule has 0 unspecified atom stereocenters. The van der Waals surface area contributed by atoms with Crippen molar-refractivity contribution in [2.24, 2.45) is 0 Å². The maximum atomic E-state index is 10.1. The molecule has 0 N–H and O–H groups in total. The van der Waals surface area contributed by atoms with Gasteiger partial charge in [-0.1, -0.05) is 6.08 Å². The molecule has 0 aliphatic rings. The normalized spacial score (nSPS) is 11.5. The van der Waals surface area contributed by atoms with Crippen molar-refractivity contribution in [2.45, 2.75) is 0 Å². The van der Waals surface area contributed by atoms with E-state index in [9.17, 15) is 29.7 Å². The van der Waals surface area contributed by atoms with Crippen molar-refractivity contribution >= 4 is 17.9 Å². The Bertz CT molecular complexity index is 298. The molecule has 0 radical (unpaired) electrons. The summed E-state index contributed by atoms with van der Waals surface area (Å²) >= 11 is 0.